The quantitative estimate of drug-likeness (QED) is 0.632. The van der Waals surface area contributed by atoms with Crippen LogP contribution < -0.4 is 10.6 Å². The fourth-order valence-corrected chi connectivity index (χ4v) is 3.05. The molecule has 4 N–H and O–H groups in total. The Labute approximate surface area is 135 Å². The Morgan fingerprint density at radius 3 is 3.04 bits per heavy atom. The number of fused-ring (bicyclic) bond motifs is 1. The van der Waals surface area contributed by atoms with Gasteiger partial charge in [-0.1, -0.05) is 24.3 Å². The maximum Gasteiger partial charge on any atom is 0.315 e. The van der Waals surface area contributed by atoms with E-state index in [1.54, 1.807) is 0 Å². The highest BCUT2D eigenvalue weighted by Gasteiger charge is 2.31. The molecule has 6 heteroatoms. The first-order chi connectivity index (χ1) is 11.1. The molecule has 1 aromatic carbocycles. The summed E-state index contributed by atoms with van der Waals surface area (Å²) in [7, 11) is 0. The second-order valence-electron chi connectivity index (χ2n) is 5.97. The van der Waals surface area contributed by atoms with Crippen LogP contribution in [0.4, 0.5) is 4.79 Å². The SMILES string of the molecule is Cc1[nH]ncc1CCCNC(=O)NC1c2ccccc2CC1O. The monoisotopic (exact) mass is 314 g/mol. The number of carbonyl (C=O) groups excluding carboxylic acids is 1. The second kappa shape index (κ2) is 6.83. The molecule has 0 fully saturated rings. The van der Waals surface area contributed by atoms with E-state index in [1.165, 1.54) is 5.56 Å². The number of carbonyl (C=O) groups is 1. The van der Waals surface area contributed by atoms with Crippen LogP contribution in [0.1, 0.15) is 34.8 Å². The second-order valence-corrected chi connectivity index (χ2v) is 5.97. The zero-order valence-electron chi connectivity index (χ0n) is 13.2. The lowest BCUT2D eigenvalue weighted by molar-refractivity contribution is 0.142. The van der Waals surface area contributed by atoms with Crippen LogP contribution in [0.25, 0.3) is 0 Å². The molecule has 0 aliphatic heterocycles. The van der Waals surface area contributed by atoms with Crippen LogP contribution in [0.5, 0.6) is 0 Å². The number of aromatic amines is 1. The van der Waals surface area contributed by atoms with Gasteiger partial charge in [0.15, 0.2) is 0 Å². The van der Waals surface area contributed by atoms with E-state index in [0.717, 1.165) is 29.7 Å². The molecule has 23 heavy (non-hydrogen) atoms. The van der Waals surface area contributed by atoms with E-state index in [9.17, 15) is 9.90 Å². The van der Waals surface area contributed by atoms with E-state index >= 15 is 0 Å². The standard InChI is InChI=1S/C17H22N4O2/c1-11-13(10-19-21-11)6-4-8-18-17(23)20-16-14-7-3-2-5-12(14)9-15(16)22/h2-3,5,7,10,15-16,22H,4,6,8-9H2,1H3,(H,19,21)(H2,18,20,23). The topological polar surface area (TPSA) is 90.0 Å². The Balaban J connectivity index is 1.46. The number of aromatic nitrogens is 2. The number of benzene rings is 1. The van der Waals surface area contributed by atoms with Gasteiger partial charge in [-0.15, -0.1) is 0 Å². The zero-order chi connectivity index (χ0) is 16.2. The number of aryl methyl sites for hydroxylation is 2. The molecular formula is C17H22N4O2. The van der Waals surface area contributed by atoms with Gasteiger partial charge in [0.2, 0.25) is 0 Å². The summed E-state index contributed by atoms with van der Waals surface area (Å²) in [4.78, 5) is 12.0. The van der Waals surface area contributed by atoms with Crippen LogP contribution in [0.15, 0.2) is 30.5 Å². The van der Waals surface area contributed by atoms with Crippen molar-refractivity contribution in [3.8, 4) is 0 Å². The minimum Gasteiger partial charge on any atom is -0.390 e. The Hall–Kier alpha value is -2.34. The number of amides is 2. The highest BCUT2D eigenvalue weighted by Crippen LogP contribution is 2.30. The number of nitrogens with zero attached hydrogens (tertiary/aromatic N) is 1. The molecule has 0 spiro atoms. The molecule has 0 saturated carbocycles. The van der Waals surface area contributed by atoms with E-state index in [1.807, 2.05) is 37.4 Å². The van der Waals surface area contributed by atoms with Crippen molar-refractivity contribution in [2.24, 2.45) is 0 Å². The average Bonchev–Trinajstić information content (AvgIpc) is 3.08. The van der Waals surface area contributed by atoms with Gasteiger partial charge in [0.05, 0.1) is 18.3 Å². The minimum absolute atomic E-state index is 0.241. The normalized spacial score (nSPS) is 19.4. The Bertz CT molecular complexity index is 683. The minimum atomic E-state index is -0.563. The van der Waals surface area contributed by atoms with Crippen LogP contribution in [0.2, 0.25) is 0 Å². The maximum absolute atomic E-state index is 12.0. The first-order valence-corrected chi connectivity index (χ1v) is 7.94. The average molecular weight is 314 g/mol. The van der Waals surface area contributed by atoms with Gasteiger partial charge in [0.25, 0.3) is 0 Å². The highest BCUT2D eigenvalue weighted by atomic mass is 16.3. The van der Waals surface area contributed by atoms with Crippen molar-refractivity contribution in [2.75, 3.05) is 6.54 Å². The summed E-state index contributed by atoms with van der Waals surface area (Å²) in [6.45, 7) is 2.57. The van der Waals surface area contributed by atoms with Crippen molar-refractivity contribution in [2.45, 2.75) is 38.3 Å². The number of aliphatic hydroxyl groups excluding tert-OH is 1. The zero-order valence-corrected chi connectivity index (χ0v) is 13.2. The van der Waals surface area contributed by atoms with Crippen LogP contribution in [-0.4, -0.2) is 34.0 Å². The lowest BCUT2D eigenvalue weighted by Gasteiger charge is -2.18. The molecular weight excluding hydrogens is 292 g/mol. The number of aliphatic hydroxyl groups is 1. The van der Waals surface area contributed by atoms with Crippen LogP contribution >= 0.6 is 0 Å². The molecule has 0 bridgehead atoms. The summed E-state index contributed by atoms with van der Waals surface area (Å²) in [6.07, 6.45) is 3.56. The van der Waals surface area contributed by atoms with E-state index in [-0.39, 0.29) is 12.1 Å². The number of H-pyrrole nitrogens is 1. The molecule has 2 unspecified atom stereocenters. The van der Waals surface area contributed by atoms with Gasteiger partial charge in [-0.05, 0) is 36.5 Å². The summed E-state index contributed by atoms with van der Waals surface area (Å²) in [5.74, 6) is 0. The van der Waals surface area contributed by atoms with E-state index in [4.69, 9.17) is 0 Å². The third-order valence-corrected chi connectivity index (χ3v) is 4.33. The number of hydrogen-bond acceptors (Lipinski definition) is 3. The predicted octanol–water partition coefficient (Wildman–Crippen LogP) is 1.61. The van der Waals surface area contributed by atoms with Crippen molar-refractivity contribution in [1.29, 1.82) is 0 Å². The maximum atomic E-state index is 12.0. The van der Waals surface area contributed by atoms with Gasteiger partial charge in [0.1, 0.15) is 0 Å². The van der Waals surface area contributed by atoms with Crippen molar-refractivity contribution < 1.29 is 9.90 Å². The number of hydrogen-bond donors (Lipinski definition) is 4. The van der Waals surface area contributed by atoms with Gasteiger partial charge in [-0.3, -0.25) is 5.10 Å². The van der Waals surface area contributed by atoms with Gasteiger partial charge < -0.3 is 15.7 Å². The Morgan fingerprint density at radius 2 is 2.26 bits per heavy atom. The number of nitrogens with one attached hydrogen (secondary N) is 3. The lowest BCUT2D eigenvalue weighted by Crippen LogP contribution is -2.41. The van der Waals surface area contributed by atoms with Gasteiger partial charge in [0, 0.05) is 18.7 Å². The molecule has 122 valence electrons. The third kappa shape index (κ3) is 3.53. The Morgan fingerprint density at radius 1 is 1.43 bits per heavy atom. The summed E-state index contributed by atoms with van der Waals surface area (Å²) < 4.78 is 0. The Kier molecular flexibility index (Phi) is 4.62. The number of rotatable bonds is 5. The third-order valence-electron chi connectivity index (χ3n) is 4.33. The van der Waals surface area contributed by atoms with E-state index in [0.29, 0.717) is 13.0 Å². The molecule has 1 heterocycles. The van der Waals surface area contributed by atoms with Crippen molar-refractivity contribution in [1.82, 2.24) is 20.8 Å². The van der Waals surface area contributed by atoms with Crippen molar-refractivity contribution >= 4 is 6.03 Å². The van der Waals surface area contributed by atoms with Gasteiger partial charge in [-0.2, -0.15) is 5.10 Å². The van der Waals surface area contributed by atoms with E-state index < -0.39 is 6.10 Å². The van der Waals surface area contributed by atoms with Crippen LogP contribution in [-0.2, 0) is 12.8 Å². The fourth-order valence-electron chi connectivity index (χ4n) is 3.05. The molecule has 3 rings (SSSR count). The molecule has 6 nitrogen and oxygen atoms in total. The number of urea groups is 1. The van der Waals surface area contributed by atoms with Gasteiger partial charge in [-0.25, -0.2) is 4.79 Å². The molecule has 1 aliphatic carbocycles. The molecule has 2 atom stereocenters. The molecule has 1 aliphatic rings. The van der Waals surface area contributed by atoms with Crippen LogP contribution in [0, 0.1) is 6.92 Å². The first kappa shape index (κ1) is 15.6. The van der Waals surface area contributed by atoms with Crippen molar-refractivity contribution in [3.63, 3.8) is 0 Å². The molecule has 2 aromatic rings. The molecule has 2 amide bonds. The van der Waals surface area contributed by atoms with E-state index in [2.05, 4.69) is 20.8 Å². The molecule has 1 aromatic heterocycles. The summed E-state index contributed by atoms with van der Waals surface area (Å²) in [6, 6.07) is 7.25. The van der Waals surface area contributed by atoms with Crippen LogP contribution in [0.3, 0.4) is 0 Å². The molecule has 0 saturated heterocycles. The van der Waals surface area contributed by atoms with Crippen molar-refractivity contribution in [3.05, 3.63) is 52.8 Å². The smallest absolute Gasteiger partial charge is 0.315 e. The largest absolute Gasteiger partial charge is 0.390 e. The summed E-state index contributed by atoms with van der Waals surface area (Å²) in [5.41, 5.74) is 4.34. The highest BCUT2D eigenvalue weighted by molar-refractivity contribution is 5.74. The summed E-state index contributed by atoms with van der Waals surface area (Å²) >= 11 is 0. The fraction of sp³-hybridized carbons (Fsp3) is 0.412. The first-order valence-electron chi connectivity index (χ1n) is 7.94. The van der Waals surface area contributed by atoms with Gasteiger partial charge >= 0.3 is 6.03 Å². The summed E-state index contributed by atoms with van der Waals surface area (Å²) in [5, 5.41) is 22.7. The lowest BCUT2D eigenvalue weighted by atomic mass is 10.1. The molecule has 0 radical (unpaired) electrons. The predicted molar refractivity (Wildman–Crippen MR) is 87.1 cm³/mol.